The number of anilines is 1. The van der Waals surface area contributed by atoms with E-state index in [2.05, 4.69) is 10.3 Å². The van der Waals surface area contributed by atoms with Gasteiger partial charge in [0, 0.05) is 25.2 Å². The Morgan fingerprint density at radius 1 is 1.29 bits per heavy atom. The lowest BCUT2D eigenvalue weighted by atomic mass is 10.3. The van der Waals surface area contributed by atoms with Crippen molar-refractivity contribution in [2.24, 2.45) is 0 Å². The molecular formula is C11H16F3N3. The Morgan fingerprint density at radius 3 is 2.53 bits per heavy atom. The van der Waals surface area contributed by atoms with Crippen LogP contribution in [0.5, 0.6) is 0 Å². The van der Waals surface area contributed by atoms with Gasteiger partial charge in [0.1, 0.15) is 0 Å². The molecule has 1 heterocycles. The topological polar surface area (TPSA) is 28.2 Å². The van der Waals surface area contributed by atoms with Gasteiger partial charge in [-0.3, -0.25) is 0 Å². The monoisotopic (exact) mass is 247 g/mol. The van der Waals surface area contributed by atoms with Gasteiger partial charge in [0.25, 0.3) is 5.95 Å². The fourth-order valence-corrected chi connectivity index (χ4v) is 1.18. The Morgan fingerprint density at radius 2 is 1.94 bits per heavy atom. The van der Waals surface area contributed by atoms with Crippen LogP contribution in [0.2, 0.25) is 0 Å². The van der Waals surface area contributed by atoms with E-state index in [1.807, 2.05) is 25.8 Å². The molecule has 0 amide bonds. The predicted molar refractivity (Wildman–Crippen MR) is 60.4 cm³/mol. The summed E-state index contributed by atoms with van der Waals surface area (Å²) >= 11 is 0. The van der Waals surface area contributed by atoms with Gasteiger partial charge in [-0.2, -0.15) is 9.37 Å². The number of hydrogen-bond donors (Lipinski definition) is 1. The third-order valence-corrected chi connectivity index (χ3v) is 2.53. The maximum Gasteiger partial charge on any atom is 0.251 e. The molecule has 0 unspecified atom stereocenters. The van der Waals surface area contributed by atoms with Gasteiger partial charge in [0.2, 0.25) is 0 Å². The fraction of sp³-hybridized carbons (Fsp3) is 0.545. The minimum atomic E-state index is -1.30. The summed E-state index contributed by atoms with van der Waals surface area (Å²) in [6, 6.07) is 0.844. The first-order chi connectivity index (χ1) is 7.91. The molecule has 0 fully saturated rings. The zero-order valence-electron chi connectivity index (χ0n) is 10.1. The predicted octanol–water partition coefficient (Wildman–Crippen LogP) is 2.25. The van der Waals surface area contributed by atoms with Gasteiger partial charge in [-0.05, 0) is 20.9 Å². The average molecular weight is 247 g/mol. The van der Waals surface area contributed by atoms with Gasteiger partial charge in [0.15, 0.2) is 17.5 Å². The molecule has 96 valence electrons. The average Bonchev–Trinajstić information content (AvgIpc) is 2.25. The van der Waals surface area contributed by atoms with Crippen molar-refractivity contribution in [3.05, 3.63) is 23.6 Å². The number of hydrogen-bond acceptors (Lipinski definition) is 3. The van der Waals surface area contributed by atoms with Crippen molar-refractivity contribution < 1.29 is 13.2 Å². The molecule has 0 aliphatic carbocycles. The fourth-order valence-electron chi connectivity index (χ4n) is 1.18. The molecule has 0 aromatic carbocycles. The van der Waals surface area contributed by atoms with Crippen LogP contribution in [-0.4, -0.2) is 36.1 Å². The van der Waals surface area contributed by atoms with Crippen LogP contribution < -0.4 is 5.32 Å². The molecule has 6 heteroatoms. The van der Waals surface area contributed by atoms with Gasteiger partial charge < -0.3 is 10.2 Å². The summed E-state index contributed by atoms with van der Waals surface area (Å²) in [6.07, 6.45) is 0. The molecule has 1 aromatic heterocycles. The number of aromatic nitrogens is 1. The highest BCUT2D eigenvalue weighted by molar-refractivity contribution is 5.36. The van der Waals surface area contributed by atoms with E-state index in [-0.39, 0.29) is 5.82 Å². The van der Waals surface area contributed by atoms with Crippen LogP contribution in [0.3, 0.4) is 0 Å². The molecular weight excluding hydrogens is 231 g/mol. The standard InChI is InChI=1S/C11H16F3N3/c1-7(2)17(3)5-4-15-11-9(13)6-8(12)10(14)16-11/h6-7H,4-5H2,1-3H3,(H,15,16). The molecule has 0 aliphatic heterocycles. The summed E-state index contributed by atoms with van der Waals surface area (Å²) in [5, 5.41) is 2.63. The van der Waals surface area contributed by atoms with Crippen LogP contribution in [0.4, 0.5) is 19.0 Å². The Bertz CT molecular complexity index is 382. The number of nitrogens with one attached hydrogen (secondary N) is 1. The lowest BCUT2D eigenvalue weighted by Gasteiger charge is -2.21. The molecule has 1 aromatic rings. The molecule has 1 N–H and O–H groups in total. The van der Waals surface area contributed by atoms with Crippen LogP contribution in [-0.2, 0) is 0 Å². The lowest BCUT2D eigenvalue weighted by molar-refractivity contribution is 0.284. The van der Waals surface area contributed by atoms with Crippen LogP contribution in [0.1, 0.15) is 13.8 Å². The summed E-state index contributed by atoms with van der Waals surface area (Å²) in [5.74, 6) is -3.74. The summed E-state index contributed by atoms with van der Waals surface area (Å²) in [7, 11) is 1.92. The molecule has 0 radical (unpaired) electrons. The lowest BCUT2D eigenvalue weighted by Crippen LogP contribution is -2.31. The molecule has 0 saturated carbocycles. The van der Waals surface area contributed by atoms with Crippen molar-refractivity contribution in [2.75, 3.05) is 25.5 Å². The van der Waals surface area contributed by atoms with Crippen LogP contribution in [0.25, 0.3) is 0 Å². The zero-order valence-corrected chi connectivity index (χ0v) is 10.1. The normalized spacial score (nSPS) is 11.3. The van der Waals surface area contributed by atoms with Crippen LogP contribution in [0, 0.1) is 17.6 Å². The van der Waals surface area contributed by atoms with Gasteiger partial charge in [-0.25, -0.2) is 8.78 Å². The highest BCUT2D eigenvalue weighted by Gasteiger charge is 2.11. The number of likely N-dealkylation sites (N-methyl/N-ethyl adjacent to an activating group) is 1. The molecule has 3 nitrogen and oxygen atoms in total. The van der Waals surface area contributed by atoms with Crippen molar-refractivity contribution in [3.63, 3.8) is 0 Å². The second-order valence-electron chi connectivity index (χ2n) is 4.09. The van der Waals surface area contributed by atoms with Gasteiger partial charge in [-0.1, -0.05) is 0 Å². The van der Waals surface area contributed by atoms with E-state index in [1.165, 1.54) is 0 Å². The highest BCUT2D eigenvalue weighted by Crippen LogP contribution is 2.13. The van der Waals surface area contributed by atoms with Crippen molar-refractivity contribution in [1.82, 2.24) is 9.88 Å². The number of halogens is 3. The summed E-state index contributed by atoms with van der Waals surface area (Å²) < 4.78 is 38.5. The molecule has 0 saturated heterocycles. The van der Waals surface area contributed by atoms with E-state index < -0.39 is 17.6 Å². The first-order valence-electron chi connectivity index (χ1n) is 5.37. The van der Waals surface area contributed by atoms with E-state index in [4.69, 9.17) is 0 Å². The largest absolute Gasteiger partial charge is 0.366 e. The third kappa shape index (κ3) is 3.89. The SMILES string of the molecule is CC(C)N(C)CCNc1nc(F)c(F)cc1F. The minimum Gasteiger partial charge on any atom is -0.366 e. The highest BCUT2D eigenvalue weighted by atomic mass is 19.2. The molecule has 0 atom stereocenters. The first-order valence-corrected chi connectivity index (χ1v) is 5.37. The van der Waals surface area contributed by atoms with E-state index in [0.717, 1.165) is 0 Å². The van der Waals surface area contributed by atoms with Gasteiger partial charge >= 0.3 is 0 Å². The molecule has 0 spiro atoms. The summed E-state index contributed by atoms with van der Waals surface area (Å²) in [4.78, 5) is 5.20. The van der Waals surface area contributed by atoms with Crippen LogP contribution >= 0.6 is 0 Å². The molecule has 0 bridgehead atoms. The number of nitrogens with zero attached hydrogens (tertiary/aromatic N) is 2. The van der Waals surface area contributed by atoms with Crippen LogP contribution in [0.15, 0.2) is 6.07 Å². The maximum atomic E-state index is 13.2. The number of rotatable bonds is 5. The third-order valence-electron chi connectivity index (χ3n) is 2.53. The van der Waals surface area contributed by atoms with E-state index >= 15 is 0 Å². The quantitative estimate of drug-likeness (QED) is 0.809. The number of pyridine rings is 1. The minimum absolute atomic E-state index is 0.263. The van der Waals surface area contributed by atoms with Gasteiger partial charge in [0.05, 0.1) is 0 Å². The van der Waals surface area contributed by atoms with E-state index in [9.17, 15) is 13.2 Å². The second kappa shape index (κ2) is 5.86. The summed E-state index contributed by atoms with van der Waals surface area (Å²) in [5.41, 5.74) is 0. The van der Waals surface area contributed by atoms with E-state index in [0.29, 0.717) is 25.2 Å². The second-order valence-corrected chi connectivity index (χ2v) is 4.09. The van der Waals surface area contributed by atoms with Crippen molar-refractivity contribution >= 4 is 5.82 Å². The first kappa shape index (κ1) is 13.8. The summed E-state index contributed by atoms with van der Waals surface area (Å²) in [6.45, 7) is 5.11. The Balaban J connectivity index is 2.55. The molecule has 1 rings (SSSR count). The smallest absolute Gasteiger partial charge is 0.251 e. The van der Waals surface area contributed by atoms with Crippen molar-refractivity contribution in [1.29, 1.82) is 0 Å². The maximum absolute atomic E-state index is 13.2. The van der Waals surface area contributed by atoms with E-state index in [1.54, 1.807) is 0 Å². The molecule has 0 aliphatic rings. The van der Waals surface area contributed by atoms with Gasteiger partial charge in [-0.15, -0.1) is 0 Å². The Hall–Kier alpha value is -1.30. The Labute approximate surface area is 98.6 Å². The molecule has 17 heavy (non-hydrogen) atoms. The van der Waals surface area contributed by atoms with Crippen molar-refractivity contribution in [3.8, 4) is 0 Å². The van der Waals surface area contributed by atoms with Crippen molar-refractivity contribution in [2.45, 2.75) is 19.9 Å². The zero-order chi connectivity index (χ0) is 13.0. The Kier molecular flexibility index (Phi) is 4.74.